The van der Waals surface area contributed by atoms with Gasteiger partial charge in [-0.2, -0.15) is 0 Å². The smallest absolute Gasteiger partial charge is 0.257 e. The van der Waals surface area contributed by atoms with Crippen LogP contribution in [0, 0.1) is 18.6 Å². The molecule has 0 spiro atoms. The van der Waals surface area contributed by atoms with Crippen LogP contribution in [0.3, 0.4) is 0 Å². The van der Waals surface area contributed by atoms with Crippen molar-refractivity contribution in [3.05, 3.63) is 47.4 Å². The number of hydrogen-bond donors (Lipinski definition) is 2. The van der Waals surface area contributed by atoms with E-state index in [1.807, 2.05) is 0 Å². The Morgan fingerprint density at radius 3 is 2.48 bits per heavy atom. The lowest BCUT2D eigenvalue weighted by molar-refractivity contribution is 0.522. The van der Waals surface area contributed by atoms with Crippen LogP contribution in [0.4, 0.5) is 8.78 Å². The van der Waals surface area contributed by atoms with Crippen LogP contribution in [0.2, 0.25) is 0 Å². The van der Waals surface area contributed by atoms with E-state index in [1.165, 1.54) is 19.2 Å². The van der Waals surface area contributed by atoms with E-state index < -0.39 is 27.7 Å². The number of nitrogens with zero attached hydrogens (tertiary/aromatic N) is 1. The normalized spacial score (nSPS) is 13.3. The van der Waals surface area contributed by atoms with E-state index in [-0.39, 0.29) is 17.0 Å². The number of aromatic nitrogens is 2. The summed E-state index contributed by atoms with van der Waals surface area (Å²) in [4.78, 5) is 6.41. The van der Waals surface area contributed by atoms with Gasteiger partial charge in [-0.3, -0.25) is 0 Å². The van der Waals surface area contributed by atoms with Crippen molar-refractivity contribution in [1.29, 1.82) is 0 Å². The molecule has 1 unspecified atom stereocenters. The summed E-state index contributed by atoms with van der Waals surface area (Å²) in [6.07, 6.45) is 1.10. The highest BCUT2D eigenvalue weighted by atomic mass is 32.2. The van der Waals surface area contributed by atoms with E-state index >= 15 is 0 Å². The highest BCUT2D eigenvalue weighted by molar-refractivity contribution is 7.89. The minimum atomic E-state index is -3.80. The lowest BCUT2D eigenvalue weighted by Gasteiger charge is -2.14. The Balaban J connectivity index is 2.13. The predicted molar refractivity (Wildman–Crippen MR) is 73.2 cm³/mol. The first-order chi connectivity index (χ1) is 9.79. The Morgan fingerprint density at radius 2 is 1.95 bits per heavy atom. The molecule has 5 nitrogen and oxygen atoms in total. The molecule has 114 valence electrons. The molecule has 2 aromatic rings. The summed E-state index contributed by atoms with van der Waals surface area (Å²) >= 11 is 0. The Hall–Kier alpha value is -1.80. The third-order valence-electron chi connectivity index (χ3n) is 2.90. The molecule has 21 heavy (non-hydrogen) atoms. The lowest BCUT2D eigenvalue weighted by Crippen LogP contribution is -2.34. The van der Waals surface area contributed by atoms with Crippen molar-refractivity contribution in [3.63, 3.8) is 0 Å². The van der Waals surface area contributed by atoms with Crippen LogP contribution in [0.5, 0.6) is 0 Å². The zero-order chi connectivity index (χ0) is 15.6. The van der Waals surface area contributed by atoms with Gasteiger partial charge < -0.3 is 4.98 Å². The molecule has 2 N–H and O–H groups in total. The first-order valence-electron chi connectivity index (χ1n) is 6.26. The van der Waals surface area contributed by atoms with Crippen molar-refractivity contribution < 1.29 is 17.2 Å². The zero-order valence-electron chi connectivity index (χ0n) is 11.5. The molecule has 1 heterocycles. The van der Waals surface area contributed by atoms with E-state index in [9.17, 15) is 17.2 Å². The van der Waals surface area contributed by atoms with E-state index in [2.05, 4.69) is 14.7 Å². The molecule has 1 atom stereocenters. The van der Waals surface area contributed by atoms with Gasteiger partial charge in [-0.05, 0) is 32.4 Å². The number of aromatic amines is 1. The van der Waals surface area contributed by atoms with Gasteiger partial charge in [-0.1, -0.05) is 6.07 Å². The fourth-order valence-corrected chi connectivity index (χ4v) is 3.15. The van der Waals surface area contributed by atoms with Gasteiger partial charge in [0, 0.05) is 11.6 Å². The third-order valence-corrected chi connectivity index (χ3v) is 4.40. The molecule has 0 bridgehead atoms. The second-order valence-electron chi connectivity index (χ2n) is 4.76. The molecule has 0 fully saturated rings. The van der Waals surface area contributed by atoms with Crippen LogP contribution < -0.4 is 4.72 Å². The summed E-state index contributed by atoms with van der Waals surface area (Å²) in [6.45, 7) is 3.16. The highest BCUT2D eigenvalue weighted by Gasteiger charge is 2.21. The first kappa shape index (κ1) is 15.6. The second-order valence-corrected chi connectivity index (χ2v) is 6.44. The van der Waals surface area contributed by atoms with Gasteiger partial charge in [0.25, 0.3) is 10.0 Å². The second kappa shape index (κ2) is 5.90. The largest absolute Gasteiger partial charge is 0.332 e. The number of rotatable bonds is 5. The number of halogens is 2. The maximum atomic E-state index is 13.5. The predicted octanol–water partition coefficient (Wildman–Crippen LogP) is 1.91. The minimum Gasteiger partial charge on any atom is -0.332 e. The van der Waals surface area contributed by atoms with Crippen molar-refractivity contribution >= 4 is 10.0 Å². The number of nitrogens with one attached hydrogen (secondary N) is 2. The van der Waals surface area contributed by atoms with E-state index in [0.29, 0.717) is 5.82 Å². The molecule has 0 aliphatic carbocycles. The van der Waals surface area contributed by atoms with Crippen LogP contribution >= 0.6 is 0 Å². The van der Waals surface area contributed by atoms with Gasteiger partial charge in [0.05, 0.1) is 6.20 Å². The molecule has 0 radical (unpaired) electrons. The summed E-state index contributed by atoms with van der Waals surface area (Å²) in [5.41, 5.74) is -0.145. The number of aryl methyl sites for hydroxylation is 1. The van der Waals surface area contributed by atoms with Crippen molar-refractivity contribution in [2.24, 2.45) is 0 Å². The molecule has 0 saturated heterocycles. The molecular weight excluding hydrogens is 300 g/mol. The number of sulfonamides is 1. The number of hydrogen-bond acceptors (Lipinski definition) is 3. The van der Waals surface area contributed by atoms with E-state index in [1.54, 1.807) is 6.92 Å². The van der Waals surface area contributed by atoms with Crippen LogP contribution in [-0.4, -0.2) is 24.4 Å². The Labute approximate surface area is 121 Å². The van der Waals surface area contributed by atoms with Gasteiger partial charge in [-0.15, -0.1) is 0 Å². The van der Waals surface area contributed by atoms with Gasteiger partial charge in [0.15, 0.2) is 5.03 Å². The molecule has 1 aromatic heterocycles. The SMILES string of the molecule is Cc1ncc(S(=O)(=O)NC(C)Cc2c(F)cccc2F)[nH]1. The summed E-state index contributed by atoms with van der Waals surface area (Å²) < 4.78 is 53.5. The van der Waals surface area contributed by atoms with E-state index in [0.717, 1.165) is 12.1 Å². The standard InChI is InChI=1S/C13H15F2N3O2S/c1-8(6-10-11(14)4-3-5-12(10)15)18-21(19,20)13-7-16-9(2)17-13/h3-5,7-8,18H,6H2,1-2H3,(H,16,17). The average Bonchev–Trinajstić information content (AvgIpc) is 2.81. The van der Waals surface area contributed by atoms with Gasteiger partial charge in [-0.25, -0.2) is 26.9 Å². The number of H-pyrrole nitrogens is 1. The molecule has 2 rings (SSSR count). The van der Waals surface area contributed by atoms with Crippen molar-refractivity contribution in [2.75, 3.05) is 0 Å². The average molecular weight is 315 g/mol. The fourth-order valence-electron chi connectivity index (χ4n) is 1.94. The van der Waals surface area contributed by atoms with Gasteiger partial charge in [0.1, 0.15) is 17.5 Å². The quantitative estimate of drug-likeness (QED) is 0.885. The Bertz CT molecular complexity index is 723. The monoisotopic (exact) mass is 315 g/mol. The van der Waals surface area contributed by atoms with Crippen molar-refractivity contribution in [2.45, 2.75) is 31.3 Å². The molecule has 0 aliphatic rings. The third kappa shape index (κ3) is 3.64. The molecule has 8 heteroatoms. The molecule has 1 aromatic carbocycles. The molecular formula is C13H15F2N3O2S. The Morgan fingerprint density at radius 1 is 1.33 bits per heavy atom. The fraction of sp³-hybridized carbons (Fsp3) is 0.308. The summed E-state index contributed by atoms with van der Waals surface area (Å²) in [5.74, 6) is -0.931. The molecule has 0 amide bonds. The number of imidazole rings is 1. The first-order valence-corrected chi connectivity index (χ1v) is 7.75. The van der Waals surface area contributed by atoms with Crippen molar-refractivity contribution in [1.82, 2.24) is 14.7 Å². The summed E-state index contributed by atoms with van der Waals surface area (Å²) in [7, 11) is -3.80. The van der Waals surface area contributed by atoms with Crippen LogP contribution in [0.25, 0.3) is 0 Å². The highest BCUT2D eigenvalue weighted by Crippen LogP contribution is 2.15. The summed E-state index contributed by atoms with van der Waals surface area (Å²) in [6, 6.07) is 2.86. The Kier molecular flexibility index (Phi) is 4.38. The molecule has 0 saturated carbocycles. The summed E-state index contributed by atoms with van der Waals surface area (Å²) in [5, 5.41) is -0.0825. The van der Waals surface area contributed by atoms with E-state index in [4.69, 9.17) is 0 Å². The van der Waals surface area contributed by atoms with Crippen LogP contribution in [0.1, 0.15) is 18.3 Å². The topological polar surface area (TPSA) is 74.8 Å². The lowest BCUT2D eigenvalue weighted by atomic mass is 10.1. The minimum absolute atomic E-state index is 0.0825. The molecule has 0 aliphatic heterocycles. The maximum absolute atomic E-state index is 13.5. The van der Waals surface area contributed by atoms with Crippen molar-refractivity contribution in [3.8, 4) is 0 Å². The zero-order valence-corrected chi connectivity index (χ0v) is 12.3. The van der Waals surface area contributed by atoms with Crippen LogP contribution in [-0.2, 0) is 16.4 Å². The van der Waals surface area contributed by atoms with Gasteiger partial charge in [0.2, 0.25) is 0 Å². The maximum Gasteiger partial charge on any atom is 0.257 e. The number of benzene rings is 1. The van der Waals surface area contributed by atoms with Gasteiger partial charge >= 0.3 is 0 Å². The van der Waals surface area contributed by atoms with Crippen LogP contribution in [0.15, 0.2) is 29.4 Å².